The van der Waals surface area contributed by atoms with Crippen molar-refractivity contribution in [1.82, 2.24) is 10.2 Å². The number of hydrogen-bond donors (Lipinski definition) is 1. The van der Waals surface area contributed by atoms with Crippen LogP contribution < -0.4 is 5.32 Å². The first-order valence-electron chi connectivity index (χ1n) is 8.69. The minimum atomic E-state index is 0.478. The maximum Gasteiger partial charge on any atom is 0.0309 e. The van der Waals surface area contributed by atoms with E-state index in [1.807, 2.05) is 0 Å². The topological polar surface area (TPSA) is 15.3 Å². The highest BCUT2D eigenvalue weighted by Crippen LogP contribution is 2.35. The van der Waals surface area contributed by atoms with Crippen molar-refractivity contribution in [2.75, 3.05) is 13.1 Å². The molecule has 3 unspecified atom stereocenters. The first-order valence-corrected chi connectivity index (χ1v) is 8.69. The van der Waals surface area contributed by atoms with Crippen LogP contribution in [0.15, 0.2) is 0 Å². The van der Waals surface area contributed by atoms with Crippen LogP contribution in [-0.4, -0.2) is 35.6 Å². The van der Waals surface area contributed by atoms with Crippen LogP contribution in [-0.2, 0) is 0 Å². The largest absolute Gasteiger partial charge is 0.308 e. The predicted octanol–water partition coefficient (Wildman–Crippen LogP) is 3.56. The van der Waals surface area contributed by atoms with Gasteiger partial charge in [0.2, 0.25) is 0 Å². The highest BCUT2D eigenvalue weighted by atomic mass is 15.3. The molecule has 0 aromatic carbocycles. The Morgan fingerprint density at radius 3 is 2.53 bits per heavy atom. The molecule has 3 atom stereocenters. The Bertz CT molecular complexity index is 296. The smallest absolute Gasteiger partial charge is 0.0309 e. The van der Waals surface area contributed by atoms with Crippen LogP contribution in [0.5, 0.6) is 0 Å². The molecule has 2 aliphatic carbocycles. The number of hydrogen-bond acceptors (Lipinski definition) is 2. The van der Waals surface area contributed by atoms with Crippen molar-refractivity contribution < 1.29 is 0 Å². The second-order valence-corrected chi connectivity index (χ2v) is 7.67. The molecule has 0 aromatic rings. The summed E-state index contributed by atoms with van der Waals surface area (Å²) in [7, 11) is 0. The lowest BCUT2D eigenvalue weighted by Crippen LogP contribution is -2.66. The molecule has 3 aliphatic rings. The van der Waals surface area contributed by atoms with Crippen LogP contribution in [0.3, 0.4) is 0 Å². The molecule has 2 saturated carbocycles. The Balaban J connectivity index is 1.68. The van der Waals surface area contributed by atoms with Crippen molar-refractivity contribution >= 4 is 0 Å². The number of rotatable bonds is 1. The van der Waals surface area contributed by atoms with Crippen LogP contribution in [0.4, 0.5) is 0 Å². The Kier molecular flexibility index (Phi) is 4.19. The molecule has 3 fully saturated rings. The molecule has 2 heteroatoms. The normalized spacial score (nSPS) is 40.4. The van der Waals surface area contributed by atoms with Gasteiger partial charge in [-0.3, -0.25) is 4.90 Å². The van der Waals surface area contributed by atoms with Gasteiger partial charge in [0.25, 0.3) is 0 Å². The third kappa shape index (κ3) is 3.00. The van der Waals surface area contributed by atoms with Crippen LogP contribution in [0, 0.1) is 5.92 Å². The summed E-state index contributed by atoms with van der Waals surface area (Å²) < 4.78 is 0. The van der Waals surface area contributed by atoms with Crippen LogP contribution in [0.25, 0.3) is 0 Å². The number of nitrogens with one attached hydrogen (secondary N) is 1. The SMILES string of the molecule is CC1CCCC(N2CC3(CCCCC3)NCC2C)C1. The molecule has 19 heavy (non-hydrogen) atoms. The first kappa shape index (κ1) is 13.9. The lowest BCUT2D eigenvalue weighted by Gasteiger charge is -2.52. The molecular formula is C17H32N2. The summed E-state index contributed by atoms with van der Waals surface area (Å²) in [5.41, 5.74) is 0.478. The summed E-state index contributed by atoms with van der Waals surface area (Å²) in [6.07, 6.45) is 13.0. The number of nitrogens with zero attached hydrogens (tertiary/aromatic N) is 1. The second kappa shape index (κ2) is 5.73. The van der Waals surface area contributed by atoms with Crippen LogP contribution >= 0.6 is 0 Å². The Morgan fingerprint density at radius 1 is 1.00 bits per heavy atom. The molecule has 1 saturated heterocycles. The summed E-state index contributed by atoms with van der Waals surface area (Å²) in [5.74, 6) is 0.947. The van der Waals surface area contributed by atoms with Gasteiger partial charge < -0.3 is 5.32 Å². The molecule has 2 nitrogen and oxygen atoms in total. The molecule has 0 bridgehead atoms. The maximum atomic E-state index is 3.92. The first-order chi connectivity index (χ1) is 9.19. The molecule has 3 rings (SSSR count). The lowest BCUT2D eigenvalue weighted by atomic mass is 9.77. The van der Waals surface area contributed by atoms with Crippen molar-refractivity contribution in [3.63, 3.8) is 0 Å². The number of piperazine rings is 1. The minimum Gasteiger partial charge on any atom is -0.308 e. The van der Waals surface area contributed by atoms with Gasteiger partial charge in [0, 0.05) is 30.7 Å². The van der Waals surface area contributed by atoms with E-state index < -0.39 is 0 Å². The molecule has 0 amide bonds. The van der Waals surface area contributed by atoms with Gasteiger partial charge in [-0.2, -0.15) is 0 Å². The molecule has 0 aromatic heterocycles. The highest BCUT2D eigenvalue weighted by Gasteiger charge is 2.41. The fourth-order valence-electron chi connectivity index (χ4n) is 4.80. The van der Waals surface area contributed by atoms with Crippen molar-refractivity contribution in [2.45, 2.75) is 89.3 Å². The van der Waals surface area contributed by atoms with E-state index in [0.717, 1.165) is 18.0 Å². The van der Waals surface area contributed by atoms with Gasteiger partial charge in [0.05, 0.1) is 0 Å². The van der Waals surface area contributed by atoms with E-state index in [1.165, 1.54) is 70.9 Å². The molecule has 1 spiro atoms. The van der Waals surface area contributed by atoms with Gasteiger partial charge in [-0.25, -0.2) is 0 Å². The lowest BCUT2D eigenvalue weighted by molar-refractivity contribution is 0.0121. The average Bonchev–Trinajstić information content (AvgIpc) is 2.43. The fourth-order valence-corrected chi connectivity index (χ4v) is 4.80. The standard InChI is InChI=1S/C17H32N2/c1-14-7-6-8-16(11-14)19-13-17(18-12-15(19)2)9-4-3-5-10-17/h14-16,18H,3-13H2,1-2H3. The molecule has 110 valence electrons. The van der Waals surface area contributed by atoms with E-state index in [1.54, 1.807) is 0 Å². The maximum absolute atomic E-state index is 3.92. The van der Waals surface area contributed by atoms with Gasteiger partial charge >= 0.3 is 0 Å². The van der Waals surface area contributed by atoms with Crippen molar-refractivity contribution in [3.8, 4) is 0 Å². The summed E-state index contributed by atoms with van der Waals surface area (Å²) >= 11 is 0. The monoisotopic (exact) mass is 264 g/mol. The zero-order valence-electron chi connectivity index (χ0n) is 13.0. The molecule has 1 N–H and O–H groups in total. The summed E-state index contributed by atoms with van der Waals surface area (Å²) in [5, 5.41) is 3.92. The highest BCUT2D eigenvalue weighted by molar-refractivity contribution is 5.00. The van der Waals surface area contributed by atoms with Crippen LogP contribution in [0.2, 0.25) is 0 Å². The molecule has 1 heterocycles. The average molecular weight is 264 g/mol. The molecular weight excluding hydrogens is 232 g/mol. The van der Waals surface area contributed by atoms with Gasteiger partial charge in [-0.05, 0) is 38.5 Å². The fraction of sp³-hybridized carbons (Fsp3) is 1.00. The summed E-state index contributed by atoms with van der Waals surface area (Å²) in [4.78, 5) is 2.89. The van der Waals surface area contributed by atoms with Crippen LogP contribution in [0.1, 0.15) is 71.6 Å². The zero-order chi connectivity index (χ0) is 13.3. The van der Waals surface area contributed by atoms with Gasteiger partial charge in [-0.1, -0.05) is 39.0 Å². The molecule has 1 aliphatic heterocycles. The van der Waals surface area contributed by atoms with E-state index in [4.69, 9.17) is 0 Å². The summed E-state index contributed by atoms with van der Waals surface area (Å²) in [6, 6.07) is 1.61. The van der Waals surface area contributed by atoms with E-state index in [9.17, 15) is 0 Å². The Morgan fingerprint density at radius 2 is 1.79 bits per heavy atom. The van der Waals surface area contributed by atoms with E-state index in [-0.39, 0.29) is 0 Å². The quantitative estimate of drug-likeness (QED) is 0.779. The Labute approximate surface area is 119 Å². The minimum absolute atomic E-state index is 0.478. The molecule has 0 radical (unpaired) electrons. The summed E-state index contributed by atoms with van der Waals surface area (Å²) in [6.45, 7) is 7.42. The second-order valence-electron chi connectivity index (χ2n) is 7.67. The zero-order valence-corrected chi connectivity index (χ0v) is 13.0. The van der Waals surface area contributed by atoms with Gasteiger partial charge in [0.1, 0.15) is 0 Å². The van der Waals surface area contributed by atoms with Gasteiger partial charge in [0.15, 0.2) is 0 Å². The van der Waals surface area contributed by atoms with E-state index in [0.29, 0.717) is 5.54 Å². The van der Waals surface area contributed by atoms with Crippen molar-refractivity contribution in [1.29, 1.82) is 0 Å². The van der Waals surface area contributed by atoms with Crippen molar-refractivity contribution in [2.24, 2.45) is 5.92 Å². The third-order valence-corrected chi connectivity index (χ3v) is 6.01. The third-order valence-electron chi connectivity index (χ3n) is 6.01. The predicted molar refractivity (Wildman–Crippen MR) is 81.4 cm³/mol. The van der Waals surface area contributed by atoms with E-state index >= 15 is 0 Å². The van der Waals surface area contributed by atoms with E-state index in [2.05, 4.69) is 24.1 Å². The van der Waals surface area contributed by atoms with Gasteiger partial charge in [-0.15, -0.1) is 0 Å². The van der Waals surface area contributed by atoms with Crippen molar-refractivity contribution in [3.05, 3.63) is 0 Å². The Hall–Kier alpha value is -0.0800.